The summed E-state index contributed by atoms with van der Waals surface area (Å²) in [6.45, 7) is 5.44. The highest BCUT2D eigenvalue weighted by Crippen LogP contribution is 2.24. The average molecular weight is 266 g/mol. The predicted octanol–water partition coefficient (Wildman–Crippen LogP) is 3.11. The summed E-state index contributed by atoms with van der Waals surface area (Å²) in [5.74, 6) is -0.427. The number of benzene rings is 1. The minimum atomic E-state index is -1.03. The van der Waals surface area contributed by atoms with Gasteiger partial charge in [0.2, 0.25) is 0 Å². The van der Waals surface area contributed by atoms with E-state index in [4.69, 9.17) is 5.11 Å². The Labute approximate surface area is 117 Å². The Morgan fingerprint density at radius 1 is 1.25 bits per heavy atom. The normalized spacial score (nSPS) is 10.7. The maximum Gasteiger partial charge on any atom is 0.335 e. The SMILES string of the molecule is C=C(/C=C\c1c(C)cccc1-c1ncccn1)C(=O)O. The molecule has 1 aromatic heterocycles. The number of nitrogens with zero attached hydrogens (tertiary/aromatic N) is 2. The molecular formula is C16H14N2O2. The van der Waals surface area contributed by atoms with E-state index in [0.29, 0.717) is 5.82 Å². The van der Waals surface area contributed by atoms with Crippen LogP contribution in [0.5, 0.6) is 0 Å². The molecule has 2 aromatic rings. The van der Waals surface area contributed by atoms with Crippen molar-refractivity contribution in [3.05, 3.63) is 66.0 Å². The second kappa shape index (κ2) is 5.93. The zero-order valence-corrected chi connectivity index (χ0v) is 11.1. The van der Waals surface area contributed by atoms with Gasteiger partial charge in [-0.15, -0.1) is 0 Å². The summed E-state index contributed by atoms with van der Waals surface area (Å²) in [5, 5.41) is 8.84. The van der Waals surface area contributed by atoms with E-state index < -0.39 is 5.97 Å². The molecule has 0 fully saturated rings. The van der Waals surface area contributed by atoms with Gasteiger partial charge < -0.3 is 5.11 Å². The van der Waals surface area contributed by atoms with Crippen LogP contribution < -0.4 is 0 Å². The van der Waals surface area contributed by atoms with Crippen LogP contribution in [0.1, 0.15) is 11.1 Å². The summed E-state index contributed by atoms with van der Waals surface area (Å²) >= 11 is 0. The lowest BCUT2D eigenvalue weighted by Crippen LogP contribution is -1.96. The van der Waals surface area contributed by atoms with Gasteiger partial charge in [0, 0.05) is 18.0 Å². The molecule has 0 spiro atoms. The van der Waals surface area contributed by atoms with Crippen LogP contribution in [-0.2, 0) is 4.79 Å². The summed E-state index contributed by atoms with van der Waals surface area (Å²) in [5.41, 5.74) is 2.80. The van der Waals surface area contributed by atoms with Gasteiger partial charge in [-0.25, -0.2) is 14.8 Å². The number of aromatic nitrogens is 2. The number of rotatable bonds is 4. The van der Waals surface area contributed by atoms with Crippen LogP contribution in [0.2, 0.25) is 0 Å². The molecular weight excluding hydrogens is 252 g/mol. The van der Waals surface area contributed by atoms with Gasteiger partial charge in [-0.2, -0.15) is 0 Å². The van der Waals surface area contributed by atoms with Crippen molar-refractivity contribution in [2.45, 2.75) is 6.92 Å². The summed E-state index contributed by atoms with van der Waals surface area (Å²) in [7, 11) is 0. The molecule has 4 heteroatoms. The van der Waals surface area contributed by atoms with E-state index in [1.807, 2.05) is 25.1 Å². The van der Waals surface area contributed by atoms with Gasteiger partial charge in [0.1, 0.15) is 0 Å². The van der Waals surface area contributed by atoms with E-state index in [0.717, 1.165) is 16.7 Å². The molecule has 1 N–H and O–H groups in total. The molecule has 0 aliphatic rings. The zero-order chi connectivity index (χ0) is 14.5. The first-order valence-corrected chi connectivity index (χ1v) is 6.07. The van der Waals surface area contributed by atoms with Gasteiger partial charge >= 0.3 is 5.97 Å². The molecule has 1 heterocycles. The standard InChI is InChI=1S/C16H14N2O2/c1-11-5-3-6-14(15-17-9-4-10-18-15)13(11)8-7-12(2)16(19)20/h3-10H,2H2,1H3,(H,19,20)/b8-7-. The van der Waals surface area contributed by atoms with E-state index in [1.165, 1.54) is 6.08 Å². The lowest BCUT2D eigenvalue weighted by Gasteiger charge is -2.07. The number of carboxylic acid groups (broad SMARTS) is 1. The van der Waals surface area contributed by atoms with E-state index in [1.54, 1.807) is 24.5 Å². The van der Waals surface area contributed by atoms with Crippen LogP contribution in [-0.4, -0.2) is 21.0 Å². The topological polar surface area (TPSA) is 63.1 Å². The Kier molecular flexibility index (Phi) is 4.05. The monoisotopic (exact) mass is 266 g/mol. The fourth-order valence-corrected chi connectivity index (χ4v) is 1.79. The summed E-state index contributed by atoms with van der Waals surface area (Å²) < 4.78 is 0. The summed E-state index contributed by atoms with van der Waals surface area (Å²) in [6, 6.07) is 7.53. The summed E-state index contributed by atoms with van der Waals surface area (Å²) in [6.07, 6.45) is 6.57. The van der Waals surface area contributed by atoms with E-state index in [-0.39, 0.29) is 5.57 Å². The zero-order valence-electron chi connectivity index (χ0n) is 11.1. The van der Waals surface area contributed by atoms with Crippen molar-refractivity contribution in [3.63, 3.8) is 0 Å². The lowest BCUT2D eigenvalue weighted by molar-refractivity contribution is -0.132. The molecule has 0 aliphatic carbocycles. The minimum Gasteiger partial charge on any atom is -0.478 e. The first-order chi connectivity index (χ1) is 9.59. The molecule has 0 amide bonds. The lowest BCUT2D eigenvalue weighted by atomic mass is 10.00. The fraction of sp³-hybridized carbons (Fsp3) is 0.0625. The van der Waals surface area contributed by atoms with Crippen molar-refractivity contribution in [2.75, 3.05) is 0 Å². The highest BCUT2D eigenvalue weighted by molar-refractivity contribution is 5.91. The Balaban J connectivity index is 2.48. The largest absolute Gasteiger partial charge is 0.478 e. The predicted molar refractivity (Wildman–Crippen MR) is 78.0 cm³/mol. The maximum absolute atomic E-state index is 10.8. The van der Waals surface area contributed by atoms with Crippen molar-refractivity contribution in [1.82, 2.24) is 9.97 Å². The molecule has 4 nitrogen and oxygen atoms in total. The molecule has 2 rings (SSSR count). The smallest absolute Gasteiger partial charge is 0.335 e. The molecule has 0 unspecified atom stereocenters. The third kappa shape index (κ3) is 2.98. The van der Waals surface area contributed by atoms with Crippen LogP contribution in [0, 0.1) is 6.92 Å². The van der Waals surface area contributed by atoms with Gasteiger partial charge in [-0.3, -0.25) is 0 Å². The average Bonchev–Trinajstić information content (AvgIpc) is 2.46. The van der Waals surface area contributed by atoms with Crippen molar-refractivity contribution in [2.24, 2.45) is 0 Å². The van der Waals surface area contributed by atoms with Gasteiger partial charge in [-0.05, 0) is 30.2 Å². The molecule has 0 saturated carbocycles. The van der Waals surface area contributed by atoms with Crippen LogP contribution >= 0.6 is 0 Å². The highest BCUT2D eigenvalue weighted by atomic mass is 16.4. The third-order valence-corrected chi connectivity index (χ3v) is 2.86. The first-order valence-electron chi connectivity index (χ1n) is 6.07. The maximum atomic E-state index is 10.8. The van der Waals surface area contributed by atoms with Gasteiger partial charge in [0.05, 0.1) is 5.57 Å². The van der Waals surface area contributed by atoms with Crippen molar-refractivity contribution >= 4 is 12.0 Å². The first kappa shape index (κ1) is 13.7. The second-order valence-corrected chi connectivity index (χ2v) is 4.27. The number of aliphatic carboxylic acids is 1. The van der Waals surface area contributed by atoms with Crippen LogP contribution in [0.3, 0.4) is 0 Å². The molecule has 0 atom stereocenters. The number of carboxylic acids is 1. The summed E-state index contributed by atoms with van der Waals surface area (Å²) in [4.78, 5) is 19.2. The van der Waals surface area contributed by atoms with E-state index >= 15 is 0 Å². The Morgan fingerprint density at radius 2 is 1.95 bits per heavy atom. The molecule has 20 heavy (non-hydrogen) atoms. The van der Waals surface area contributed by atoms with E-state index in [9.17, 15) is 4.79 Å². The van der Waals surface area contributed by atoms with Crippen molar-refractivity contribution < 1.29 is 9.90 Å². The molecule has 100 valence electrons. The number of hydrogen-bond acceptors (Lipinski definition) is 3. The minimum absolute atomic E-state index is 0.0354. The Hall–Kier alpha value is -2.75. The third-order valence-electron chi connectivity index (χ3n) is 2.86. The van der Waals surface area contributed by atoms with Gasteiger partial charge in [0.15, 0.2) is 5.82 Å². The van der Waals surface area contributed by atoms with Crippen LogP contribution in [0.15, 0.2) is 54.9 Å². The van der Waals surface area contributed by atoms with Crippen molar-refractivity contribution in [1.29, 1.82) is 0 Å². The quantitative estimate of drug-likeness (QED) is 0.682. The van der Waals surface area contributed by atoms with E-state index in [2.05, 4.69) is 16.5 Å². The fourth-order valence-electron chi connectivity index (χ4n) is 1.79. The van der Waals surface area contributed by atoms with Crippen molar-refractivity contribution in [3.8, 4) is 11.4 Å². The molecule has 0 aliphatic heterocycles. The van der Waals surface area contributed by atoms with Crippen LogP contribution in [0.25, 0.3) is 17.5 Å². The molecule has 0 radical (unpaired) electrons. The Morgan fingerprint density at radius 3 is 2.60 bits per heavy atom. The number of aryl methyl sites for hydroxylation is 1. The number of carbonyl (C=O) groups is 1. The second-order valence-electron chi connectivity index (χ2n) is 4.27. The highest BCUT2D eigenvalue weighted by Gasteiger charge is 2.08. The van der Waals surface area contributed by atoms with Gasteiger partial charge in [0.25, 0.3) is 0 Å². The van der Waals surface area contributed by atoms with Crippen LogP contribution in [0.4, 0.5) is 0 Å². The Bertz CT molecular complexity index is 676. The molecule has 0 saturated heterocycles. The molecule has 0 bridgehead atoms. The van der Waals surface area contributed by atoms with Gasteiger partial charge in [-0.1, -0.05) is 30.9 Å². The number of hydrogen-bond donors (Lipinski definition) is 1. The molecule has 1 aromatic carbocycles.